The molecule has 0 saturated carbocycles. The molecule has 0 spiro atoms. The second-order valence-electron chi connectivity index (χ2n) is 7.00. The van der Waals surface area contributed by atoms with Crippen LogP contribution in [0.5, 0.6) is 5.75 Å². The lowest BCUT2D eigenvalue weighted by atomic mass is 10.0. The molecule has 29 heavy (non-hydrogen) atoms. The van der Waals surface area contributed by atoms with E-state index in [1.165, 1.54) is 12.1 Å². The van der Waals surface area contributed by atoms with Gasteiger partial charge in [-0.2, -0.15) is 0 Å². The van der Waals surface area contributed by atoms with Crippen LogP contribution in [0.4, 0.5) is 10.1 Å². The van der Waals surface area contributed by atoms with Gasteiger partial charge in [0.1, 0.15) is 11.6 Å². The summed E-state index contributed by atoms with van der Waals surface area (Å²) in [5, 5.41) is 1.88. The number of fused-ring (bicyclic) bond motifs is 1. The van der Waals surface area contributed by atoms with Crippen molar-refractivity contribution < 1.29 is 13.9 Å². The van der Waals surface area contributed by atoms with Gasteiger partial charge in [0.05, 0.1) is 0 Å². The molecule has 3 rings (SSSR count). The van der Waals surface area contributed by atoms with Crippen LogP contribution in [0.1, 0.15) is 39.2 Å². The first-order valence-corrected chi connectivity index (χ1v) is 10.1. The molecule has 4 nitrogen and oxygen atoms in total. The Morgan fingerprint density at radius 1 is 1.14 bits per heavy atom. The van der Waals surface area contributed by atoms with Gasteiger partial charge in [-0.1, -0.05) is 32.9 Å². The van der Waals surface area contributed by atoms with Gasteiger partial charge in [-0.05, 0) is 55.2 Å². The smallest absolute Gasteiger partial charge is 0.265 e. The predicted octanol–water partition coefficient (Wildman–Crippen LogP) is 5.54. The molecule has 0 N–H and O–H groups in total. The Morgan fingerprint density at radius 3 is 2.66 bits per heavy atom. The first-order chi connectivity index (χ1) is 14.1. The number of benzene rings is 2. The minimum Gasteiger partial charge on any atom is -0.483 e. The van der Waals surface area contributed by atoms with Crippen LogP contribution in [-0.4, -0.2) is 23.5 Å². The summed E-state index contributed by atoms with van der Waals surface area (Å²) in [5.41, 5.74) is 1.58. The number of halogens is 1. The van der Waals surface area contributed by atoms with E-state index in [1.54, 1.807) is 23.4 Å². The lowest BCUT2D eigenvalue weighted by Crippen LogP contribution is -2.43. The summed E-state index contributed by atoms with van der Waals surface area (Å²) in [7, 11) is 0. The number of carbonyl (C=O) groups excluding carboxylic acids is 1. The summed E-state index contributed by atoms with van der Waals surface area (Å²) in [6.45, 7) is 6.00. The van der Waals surface area contributed by atoms with Gasteiger partial charge in [-0.3, -0.25) is 9.78 Å². The maximum absolute atomic E-state index is 13.7. The fourth-order valence-corrected chi connectivity index (χ4v) is 3.69. The van der Waals surface area contributed by atoms with Crippen molar-refractivity contribution in [2.75, 3.05) is 11.5 Å². The van der Waals surface area contributed by atoms with Crippen LogP contribution in [0.2, 0.25) is 0 Å². The third kappa shape index (κ3) is 4.56. The van der Waals surface area contributed by atoms with E-state index in [1.807, 2.05) is 31.2 Å². The van der Waals surface area contributed by atoms with E-state index in [2.05, 4.69) is 18.8 Å². The molecule has 152 valence electrons. The first-order valence-electron chi connectivity index (χ1n) is 10.1. The minimum absolute atomic E-state index is 0.0265. The molecular formula is C24H27FN2O2. The van der Waals surface area contributed by atoms with Crippen LogP contribution < -0.4 is 9.64 Å². The molecule has 2 aromatic carbocycles. The van der Waals surface area contributed by atoms with E-state index in [-0.39, 0.29) is 24.4 Å². The van der Waals surface area contributed by atoms with E-state index in [0.29, 0.717) is 12.2 Å². The highest BCUT2D eigenvalue weighted by Gasteiger charge is 2.25. The van der Waals surface area contributed by atoms with Gasteiger partial charge in [-0.15, -0.1) is 0 Å². The monoisotopic (exact) mass is 394 g/mol. The first kappa shape index (κ1) is 20.8. The molecule has 0 unspecified atom stereocenters. The van der Waals surface area contributed by atoms with Crippen LogP contribution in [0.3, 0.4) is 0 Å². The molecule has 0 aliphatic carbocycles. The summed E-state index contributed by atoms with van der Waals surface area (Å²) in [4.78, 5) is 19.2. The molecule has 0 saturated heterocycles. The third-order valence-corrected chi connectivity index (χ3v) is 5.25. The standard InChI is InChI=1S/C24H27FN2O2/c1-4-17-14-19(25)10-11-22(17)27(20(5-2)6-3)24(28)16-29-23-9-7-8-18-15-26-13-12-21(18)23/h7-15,20H,4-6,16H2,1-3H3. The SMILES string of the molecule is CCc1cc(F)ccc1N(C(=O)COc1cccc2cnccc12)C(CC)CC. The Kier molecular flexibility index (Phi) is 6.81. The number of anilines is 1. The van der Waals surface area contributed by atoms with Crippen LogP contribution in [0.15, 0.2) is 54.9 Å². The fraction of sp³-hybridized carbons (Fsp3) is 0.333. The number of hydrogen-bond donors (Lipinski definition) is 0. The van der Waals surface area contributed by atoms with Crippen molar-refractivity contribution in [2.45, 2.75) is 46.1 Å². The highest BCUT2D eigenvalue weighted by molar-refractivity contribution is 5.96. The molecular weight excluding hydrogens is 367 g/mol. The largest absolute Gasteiger partial charge is 0.483 e. The van der Waals surface area contributed by atoms with Crippen LogP contribution in [-0.2, 0) is 11.2 Å². The number of hydrogen-bond acceptors (Lipinski definition) is 3. The predicted molar refractivity (Wildman–Crippen MR) is 115 cm³/mol. The zero-order valence-electron chi connectivity index (χ0n) is 17.2. The second-order valence-corrected chi connectivity index (χ2v) is 7.00. The number of pyridine rings is 1. The van der Waals surface area contributed by atoms with E-state index in [4.69, 9.17) is 4.74 Å². The van der Waals surface area contributed by atoms with Gasteiger partial charge in [0.15, 0.2) is 6.61 Å². The maximum atomic E-state index is 13.7. The molecule has 0 bridgehead atoms. The van der Waals surface area contributed by atoms with Crippen molar-refractivity contribution in [3.8, 4) is 5.75 Å². The van der Waals surface area contributed by atoms with Crippen molar-refractivity contribution in [3.05, 3.63) is 66.2 Å². The zero-order chi connectivity index (χ0) is 20.8. The molecule has 0 fully saturated rings. The number of ether oxygens (including phenoxy) is 1. The van der Waals surface area contributed by atoms with Crippen molar-refractivity contribution in [3.63, 3.8) is 0 Å². The van der Waals surface area contributed by atoms with Crippen LogP contribution in [0, 0.1) is 5.82 Å². The maximum Gasteiger partial charge on any atom is 0.265 e. The molecule has 0 atom stereocenters. The highest BCUT2D eigenvalue weighted by atomic mass is 19.1. The normalized spacial score (nSPS) is 11.1. The number of rotatable bonds is 8. The molecule has 0 aliphatic rings. The number of aromatic nitrogens is 1. The summed E-state index contributed by atoms with van der Waals surface area (Å²) in [6, 6.07) is 12.2. The lowest BCUT2D eigenvalue weighted by molar-refractivity contribution is -0.121. The van der Waals surface area contributed by atoms with Crippen LogP contribution >= 0.6 is 0 Å². The van der Waals surface area contributed by atoms with Gasteiger partial charge < -0.3 is 9.64 Å². The molecule has 0 aliphatic heterocycles. The van der Waals surface area contributed by atoms with Crippen molar-refractivity contribution >= 4 is 22.4 Å². The molecule has 1 heterocycles. The molecule has 1 aromatic heterocycles. The van der Waals surface area contributed by atoms with E-state index >= 15 is 0 Å². The second kappa shape index (κ2) is 9.50. The summed E-state index contributed by atoms with van der Waals surface area (Å²) in [5.74, 6) is 0.229. The molecule has 1 amide bonds. The molecule has 5 heteroatoms. The summed E-state index contributed by atoms with van der Waals surface area (Å²) < 4.78 is 19.7. The fourth-order valence-electron chi connectivity index (χ4n) is 3.69. The minimum atomic E-state index is -0.289. The van der Waals surface area contributed by atoms with Crippen molar-refractivity contribution in [2.24, 2.45) is 0 Å². The summed E-state index contributed by atoms with van der Waals surface area (Å²) in [6.07, 6.45) is 5.74. The Morgan fingerprint density at radius 2 is 1.93 bits per heavy atom. The van der Waals surface area contributed by atoms with Gasteiger partial charge in [0, 0.05) is 34.9 Å². The summed E-state index contributed by atoms with van der Waals surface area (Å²) >= 11 is 0. The van der Waals surface area contributed by atoms with Gasteiger partial charge in [0.25, 0.3) is 5.91 Å². The Hall–Kier alpha value is -2.95. The number of nitrogens with zero attached hydrogens (tertiary/aromatic N) is 2. The number of amides is 1. The Labute approximate surface area is 171 Å². The topological polar surface area (TPSA) is 42.4 Å². The molecule has 3 aromatic rings. The van der Waals surface area contributed by atoms with E-state index in [9.17, 15) is 9.18 Å². The van der Waals surface area contributed by atoms with Crippen molar-refractivity contribution in [1.29, 1.82) is 0 Å². The van der Waals surface area contributed by atoms with Gasteiger partial charge >= 0.3 is 0 Å². The molecule has 0 radical (unpaired) electrons. The average molecular weight is 394 g/mol. The number of carbonyl (C=O) groups is 1. The highest BCUT2D eigenvalue weighted by Crippen LogP contribution is 2.28. The van der Waals surface area contributed by atoms with E-state index < -0.39 is 0 Å². The van der Waals surface area contributed by atoms with E-state index in [0.717, 1.165) is 34.9 Å². The Balaban J connectivity index is 1.89. The Bertz CT molecular complexity index is 980. The average Bonchev–Trinajstić information content (AvgIpc) is 2.76. The third-order valence-electron chi connectivity index (χ3n) is 5.25. The van der Waals surface area contributed by atoms with Gasteiger partial charge in [-0.25, -0.2) is 4.39 Å². The van der Waals surface area contributed by atoms with Crippen molar-refractivity contribution in [1.82, 2.24) is 4.98 Å². The number of aryl methyl sites for hydroxylation is 1. The van der Waals surface area contributed by atoms with Gasteiger partial charge in [0.2, 0.25) is 0 Å². The zero-order valence-corrected chi connectivity index (χ0v) is 17.2. The van der Waals surface area contributed by atoms with Crippen LogP contribution in [0.25, 0.3) is 10.8 Å². The quantitative estimate of drug-likeness (QED) is 0.504. The lowest BCUT2D eigenvalue weighted by Gasteiger charge is -2.32.